The van der Waals surface area contributed by atoms with Crippen molar-refractivity contribution in [1.82, 2.24) is 15.5 Å². The Hall–Kier alpha value is -2.24. The number of amides is 3. The normalized spacial score (nSPS) is 23.8. The monoisotopic (exact) mass is 385 g/mol. The molecule has 3 amide bonds. The van der Waals surface area contributed by atoms with E-state index in [0.717, 1.165) is 43.4 Å². The summed E-state index contributed by atoms with van der Waals surface area (Å²) in [4.78, 5) is 26.6. The SMILES string of the molecule is CNC(=O)CC1CC2(CCN(C(=O)NC3CCCC3)CC2)Oc2ccccc21. The summed E-state index contributed by atoms with van der Waals surface area (Å²) in [5.41, 5.74) is 0.843. The molecule has 2 N–H and O–H groups in total. The fourth-order valence-electron chi connectivity index (χ4n) is 5.01. The fourth-order valence-corrected chi connectivity index (χ4v) is 5.01. The summed E-state index contributed by atoms with van der Waals surface area (Å²) >= 11 is 0. The second-order valence-electron chi connectivity index (χ2n) is 8.52. The van der Waals surface area contributed by atoms with Crippen LogP contribution in [0.25, 0.3) is 0 Å². The molecule has 1 aliphatic carbocycles. The van der Waals surface area contributed by atoms with Gasteiger partial charge in [-0.3, -0.25) is 4.79 Å². The molecule has 1 aromatic rings. The average Bonchev–Trinajstić information content (AvgIpc) is 3.21. The lowest BCUT2D eigenvalue weighted by atomic mass is 9.76. The summed E-state index contributed by atoms with van der Waals surface area (Å²) in [5, 5.41) is 5.94. The molecule has 0 bridgehead atoms. The Bertz CT molecular complexity index is 721. The molecular weight excluding hydrogens is 354 g/mol. The third-order valence-electron chi connectivity index (χ3n) is 6.66. The number of piperidine rings is 1. The number of ether oxygens (including phenoxy) is 1. The van der Waals surface area contributed by atoms with E-state index < -0.39 is 0 Å². The molecule has 4 rings (SSSR count). The number of hydrogen-bond donors (Lipinski definition) is 2. The van der Waals surface area contributed by atoms with Crippen molar-refractivity contribution in [3.05, 3.63) is 29.8 Å². The Balaban J connectivity index is 1.42. The van der Waals surface area contributed by atoms with Crippen LogP contribution in [0.15, 0.2) is 24.3 Å². The van der Waals surface area contributed by atoms with Gasteiger partial charge in [-0.15, -0.1) is 0 Å². The molecule has 1 atom stereocenters. The number of rotatable bonds is 3. The van der Waals surface area contributed by atoms with Gasteiger partial charge in [-0.25, -0.2) is 4.79 Å². The lowest BCUT2D eigenvalue weighted by molar-refractivity contribution is -0.121. The minimum Gasteiger partial charge on any atom is -0.487 e. The Morgan fingerprint density at radius 1 is 1.18 bits per heavy atom. The second kappa shape index (κ2) is 8.02. The third-order valence-corrected chi connectivity index (χ3v) is 6.66. The van der Waals surface area contributed by atoms with Gasteiger partial charge in [0.1, 0.15) is 11.4 Å². The molecule has 6 nitrogen and oxygen atoms in total. The number of urea groups is 1. The van der Waals surface area contributed by atoms with E-state index in [1.807, 2.05) is 23.1 Å². The van der Waals surface area contributed by atoms with E-state index in [1.165, 1.54) is 12.8 Å². The highest BCUT2D eigenvalue weighted by Gasteiger charge is 2.44. The minimum atomic E-state index is -0.281. The van der Waals surface area contributed by atoms with Crippen LogP contribution in [0.1, 0.15) is 62.8 Å². The molecule has 2 fully saturated rings. The summed E-state index contributed by atoms with van der Waals surface area (Å²) in [6.07, 6.45) is 7.56. The number of fused-ring (bicyclic) bond motifs is 1. The highest BCUT2D eigenvalue weighted by atomic mass is 16.5. The van der Waals surface area contributed by atoms with Crippen LogP contribution < -0.4 is 15.4 Å². The first kappa shape index (κ1) is 19.1. The molecule has 1 unspecified atom stereocenters. The Morgan fingerprint density at radius 2 is 1.89 bits per heavy atom. The second-order valence-corrected chi connectivity index (χ2v) is 8.52. The lowest BCUT2D eigenvalue weighted by Gasteiger charge is -2.47. The van der Waals surface area contributed by atoms with E-state index >= 15 is 0 Å². The fraction of sp³-hybridized carbons (Fsp3) is 0.636. The van der Waals surface area contributed by atoms with Crippen LogP contribution >= 0.6 is 0 Å². The molecule has 28 heavy (non-hydrogen) atoms. The zero-order valence-electron chi connectivity index (χ0n) is 16.7. The van der Waals surface area contributed by atoms with Gasteiger partial charge in [-0.1, -0.05) is 31.0 Å². The average molecular weight is 386 g/mol. The van der Waals surface area contributed by atoms with Crippen LogP contribution in [0.3, 0.4) is 0 Å². The zero-order valence-corrected chi connectivity index (χ0v) is 16.7. The van der Waals surface area contributed by atoms with E-state index in [9.17, 15) is 9.59 Å². The number of likely N-dealkylation sites (tertiary alicyclic amines) is 1. The Morgan fingerprint density at radius 3 is 2.61 bits per heavy atom. The number of hydrogen-bond acceptors (Lipinski definition) is 3. The predicted octanol–water partition coefficient (Wildman–Crippen LogP) is 3.18. The van der Waals surface area contributed by atoms with E-state index in [-0.39, 0.29) is 23.5 Å². The van der Waals surface area contributed by atoms with Crippen molar-refractivity contribution in [2.45, 2.75) is 68.9 Å². The summed E-state index contributed by atoms with van der Waals surface area (Å²) in [6, 6.07) is 8.48. The maximum atomic E-state index is 12.6. The predicted molar refractivity (Wildman–Crippen MR) is 107 cm³/mol. The summed E-state index contributed by atoms with van der Waals surface area (Å²) in [6.45, 7) is 1.40. The summed E-state index contributed by atoms with van der Waals surface area (Å²) < 4.78 is 6.48. The summed E-state index contributed by atoms with van der Waals surface area (Å²) in [5.74, 6) is 1.11. The molecule has 3 aliphatic rings. The van der Waals surface area contributed by atoms with Crippen molar-refractivity contribution in [3.8, 4) is 5.75 Å². The van der Waals surface area contributed by atoms with Gasteiger partial charge in [0.2, 0.25) is 5.91 Å². The third kappa shape index (κ3) is 3.96. The molecule has 0 aromatic heterocycles. The topological polar surface area (TPSA) is 70.7 Å². The standard InChI is InChI=1S/C22H31N3O3/c1-23-20(26)14-16-15-22(28-19-9-5-4-8-18(16)19)10-12-25(13-11-22)21(27)24-17-6-2-3-7-17/h4-5,8-9,16-17H,2-3,6-7,10-15H2,1H3,(H,23,26)(H,24,27). The molecule has 0 radical (unpaired) electrons. The number of nitrogens with one attached hydrogen (secondary N) is 2. The molecular formula is C22H31N3O3. The van der Waals surface area contributed by atoms with Crippen LogP contribution in [0.2, 0.25) is 0 Å². The molecule has 2 heterocycles. The van der Waals surface area contributed by atoms with Crippen LogP contribution in [0, 0.1) is 0 Å². The number of benzene rings is 1. The van der Waals surface area contributed by atoms with Gasteiger partial charge in [0, 0.05) is 51.4 Å². The first-order chi connectivity index (χ1) is 13.6. The Kier molecular flexibility index (Phi) is 5.47. The van der Waals surface area contributed by atoms with Gasteiger partial charge >= 0.3 is 6.03 Å². The van der Waals surface area contributed by atoms with Crippen molar-refractivity contribution < 1.29 is 14.3 Å². The molecule has 1 spiro atoms. The molecule has 1 saturated carbocycles. The summed E-state index contributed by atoms with van der Waals surface area (Å²) in [7, 11) is 1.69. The minimum absolute atomic E-state index is 0.0604. The van der Waals surface area contributed by atoms with Crippen LogP contribution in [0.4, 0.5) is 4.79 Å². The van der Waals surface area contributed by atoms with E-state index in [2.05, 4.69) is 16.7 Å². The van der Waals surface area contributed by atoms with E-state index in [0.29, 0.717) is 25.6 Å². The first-order valence-electron chi connectivity index (χ1n) is 10.6. The van der Waals surface area contributed by atoms with Gasteiger partial charge in [0.15, 0.2) is 0 Å². The number of carbonyl (C=O) groups excluding carboxylic acids is 2. The number of carbonyl (C=O) groups is 2. The van der Waals surface area contributed by atoms with Crippen molar-refractivity contribution in [1.29, 1.82) is 0 Å². The maximum Gasteiger partial charge on any atom is 0.317 e. The number of nitrogens with zero attached hydrogens (tertiary/aromatic N) is 1. The van der Waals surface area contributed by atoms with Gasteiger partial charge in [-0.2, -0.15) is 0 Å². The smallest absolute Gasteiger partial charge is 0.317 e. The number of para-hydroxylation sites is 1. The highest BCUT2D eigenvalue weighted by molar-refractivity contribution is 5.77. The van der Waals surface area contributed by atoms with Crippen LogP contribution in [-0.2, 0) is 4.79 Å². The highest BCUT2D eigenvalue weighted by Crippen LogP contribution is 2.46. The molecule has 2 aliphatic heterocycles. The first-order valence-corrected chi connectivity index (χ1v) is 10.6. The Labute approximate surface area is 167 Å². The van der Waals surface area contributed by atoms with Gasteiger partial charge in [0.25, 0.3) is 0 Å². The van der Waals surface area contributed by atoms with Crippen molar-refractivity contribution in [3.63, 3.8) is 0 Å². The molecule has 152 valence electrons. The van der Waals surface area contributed by atoms with Crippen molar-refractivity contribution in [2.24, 2.45) is 0 Å². The van der Waals surface area contributed by atoms with Gasteiger partial charge < -0.3 is 20.3 Å². The largest absolute Gasteiger partial charge is 0.487 e. The molecule has 6 heteroatoms. The van der Waals surface area contributed by atoms with Crippen molar-refractivity contribution in [2.75, 3.05) is 20.1 Å². The van der Waals surface area contributed by atoms with Crippen LogP contribution in [-0.4, -0.2) is 48.6 Å². The van der Waals surface area contributed by atoms with Gasteiger partial charge in [-0.05, 0) is 30.9 Å². The molecule has 1 aromatic carbocycles. The van der Waals surface area contributed by atoms with Gasteiger partial charge in [0.05, 0.1) is 0 Å². The van der Waals surface area contributed by atoms with Crippen molar-refractivity contribution >= 4 is 11.9 Å². The quantitative estimate of drug-likeness (QED) is 0.840. The van der Waals surface area contributed by atoms with E-state index in [4.69, 9.17) is 4.74 Å². The lowest BCUT2D eigenvalue weighted by Crippen LogP contribution is -2.54. The van der Waals surface area contributed by atoms with Crippen LogP contribution in [0.5, 0.6) is 5.75 Å². The molecule has 1 saturated heterocycles. The maximum absolute atomic E-state index is 12.6. The van der Waals surface area contributed by atoms with E-state index in [1.54, 1.807) is 7.05 Å². The zero-order chi connectivity index (χ0) is 19.6.